The van der Waals surface area contributed by atoms with Gasteiger partial charge >= 0.3 is 0 Å². The molecule has 4 nitrogen and oxygen atoms in total. The highest BCUT2D eigenvalue weighted by Gasteiger charge is 2.07. The number of hydrogen-bond acceptors (Lipinski definition) is 3. The number of aromatic nitrogens is 2. The Balaban J connectivity index is 2.15. The van der Waals surface area contributed by atoms with Crippen LogP contribution in [0.25, 0.3) is 10.8 Å². The molecule has 0 unspecified atom stereocenters. The summed E-state index contributed by atoms with van der Waals surface area (Å²) in [5.74, 6) is 0.0786. The zero-order valence-corrected chi connectivity index (χ0v) is 10.1. The summed E-state index contributed by atoms with van der Waals surface area (Å²) in [4.78, 5) is 11.7. The first-order valence-corrected chi connectivity index (χ1v) is 5.98. The van der Waals surface area contributed by atoms with Gasteiger partial charge in [0.15, 0.2) is 0 Å². The lowest BCUT2D eigenvalue weighted by Gasteiger charge is -2.05. The van der Waals surface area contributed by atoms with E-state index in [1.165, 1.54) is 6.07 Å². The number of H-pyrrole nitrogens is 1. The van der Waals surface area contributed by atoms with Crippen molar-refractivity contribution in [3.8, 4) is 5.75 Å². The van der Waals surface area contributed by atoms with E-state index in [0.29, 0.717) is 11.8 Å². The molecule has 1 heterocycles. The summed E-state index contributed by atoms with van der Waals surface area (Å²) in [7, 11) is 0. The van der Waals surface area contributed by atoms with Crippen molar-refractivity contribution in [2.45, 2.75) is 6.42 Å². The molecule has 0 atom stereocenters. The predicted molar refractivity (Wildman–Crippen MR) is 73.3 cm³/mol. The van der Waals surface area contributed by atoms with Crippen LogP contribution >= 0.6 is 0 Å². The summed E-state index contributed by atoms with van der Waals surface area (Å²) in [5, 5.41) is 17.3. The standard InChI is InChI=1S/C15H12N2O2/c18-11-6-7-12-13(9-11)15(19)17-16-14(12)8-10-4-2-1-3-5-10/h1-7,9,18H,8H2,(H,17,19). The number of phenols is 1. The van der Waals surface area contributed by atoms with Gasteiger partial charge < -0.3 is 5.11 Å². The van der Waals surface area contributed by atoms with Crippen LogP contribution in [0.1, 0.15) is 11.3 Å². The molecule has 2 aromatic carbocycles. The number of rotatable bonds is 2. The zero-order chi connectivity index (χ0) is 13.2. The van der Waals surface area contributed by atoms with Gasteiger partial charge in [-0.25, -0.2) is 5.10 Å². The van der Waals surface area contributed by atoms with E-state index in [4.69, 9.17) is 0 Å². The second-order valence-electron chi connectivity index (χ2n) is 4.39. The normalized spacial score (nSPS) is 10.7. The van der Waals surface area contributed by atoms with Gasteiger partial charge in [-0.15, -0.1) is 0 Å². The molecule has 0 saturated carbocycles. The lowest BCUT2D eigenvalue weighted by Crippen LogP contribution is -2.11. The number of fused-ring (bicyclic) bond motifs is 1. The predicted octanol–water partition coefficient (Wildman–Crippen LogP) is 2.22. The third kappa shape index (κ3) is 2.20. The van der Waals surface area contributed by atoms with Crippen LogP contribution < -0.4 is 5.56 Å². The molecule has 0 aliphatic rings. The van der Waals surface area contributed by atoms with Gasteiger partial charge in [0, 0.05) is 11.8 Å². The van der Waals surface area contributed by atoms with Crippen LogP contribution in [-0.2, 0) is 6.42 Å². The van der Waals surface area contributed by atoms with E-state index in [0.717, 1.165) is 16.6 Å². The maximum absolute atomic E-state index is 11.7. The topological polar surface area (TPSA) is 66.0 Å². The molecule has 2 N–H and O–H groups in total. The van der Waals surface area contributed by atoms with Crippen molar-refractivity contribution < 1.29 is 5.11 Å². The number of nitrogens with one attached hydrogen (secondary N) is 1. The molecule has 3 aromatic rings. The highest BCUT2D eigenvalue weighted by molar-refractivity contribution is 5.85. The Bertz CT molecular complexity index is 779. The van der Waals surface area contributed by atoms with Crippen LogP contribution in [0.5, 0.6) is 5.75 Å². The van der Waals surface area contributed by atoms with Crippen LogP contribution in [0.15, 0.2) is 53.3 Å². The smallest absolute Gasteiger partial charge is 0.272 e. The lowest BCUT2D eigenvalue weighted by atomic mass is 10.0. The van der Waals surface area contributed by atoms with Gasteiger partial charge in [0.25, 0.3) is 5.56 Å². The Morgan fingerprint density at radius 2 is 1.84 bits per heavy atom. The summed E-state index contributed by atoms with van der Waals surface area (Å²) in [6.45, 7) is 0. The minimum absolute atomic E-state index is 0.0786. The van der Waals surface area contributed by atoms with Crippen LogP contribution in [0.3, 0.4) is 0 Å². The summed E-state index contributed by atoms with van der Waals surface area (Å²) in [5.41, 5.74) is 1.62. The quantitative estimate of drug-likeness (QED) is 0.735. The number of hydrogen-bond donors (Lipinski definition) is 2. The Hall–Kier alpha value is -2.62. The Morgan fingerprint density at radius 1 is 1.05 bits per heavy atom. The number of aromatic hydroxyl groups is 1. The molecule has 1 aromatic heterocycles. The third-order valence-corrected chi connectivity index (χ3v) is 3.07. The van der Waals surface area contributed by atoms with Crippen LogP contribution in [0.4, 0.5) is 0 Å². The third-order valence-electron chi connectivity index (χ3n) is 3.07. The summed E-state index contributed by atoms with van der Waals surface area (Å²) < 4.78 is 0. The summed E-state index contributed by atoms with van der Waals surface area (Å²) >= 11 is 0. The second-order valence-corrected chi connectivity index (χ2v) is 4.39. The molecule has 0 saturated heterocycles. The van der Waals surface area contributed by atoms with Crippen molar-refractivity contribution in [3.63, 3.8) is 0 Å². The lowest BCUT2D eigenvalue weighted by molar-refractivity contribution is 0.476. The number of aromatic amines is 1. The van der Waals surface area contributed by atoms with E-state index in [1.54, 1.807) is 12.1 Å². The Labute approximate surface area is 109 Å². The molecule has 0 amide bonds. The molecule has 94 valence electrons. The van der Waals surface area contributed by atoms with Crippen LogP contribution in [0.2, 0.25) is 0 Å². The highest BCUT2D eigenvalue weighted by Crippen LogP contribution is 2.20. The number of benzene rings is 2. The van der Waals surface area contributed by atoms with Gasteiger partial charge in [-0.3, -0.25) is 4.79 Å². The molecule has 0 aliphatic carbocycles. The highest BCUT2D eigenvalue weighted by atomic mass is 16.3. The van der Waals surface area contributed by atoms with Gasteiger partial charge in [0.2, 0.25) is 0 Å². The molecular weight excluding hydrogens is 240 g/mol. The average molecular weight is 252 g/mol. The van der Waals surface area contributed by atoms with Gasteiger partial charge in [-0.2, -0.15) is 5.10 Å². The van der Waals surface area contributed by atoms with E-state index in [2.05, 4.69) is 10.2 Å². The fraction of sp³-hybridized carbons (Fsp3) is 0.0667. The minimum Gasteiger partial charge on any atom is -0.508 e. The van der Waals surface area contributed by atoms with Gasteiger partial charge in [0.05, 0.1) is 11.1 Å². The fourth-order valence-corrected chi connectivity index (χ4v) is 2.13. The Kier molecular flexibility index (Phi) is 2.76. The maximum atomic E-state index is 11.7. The fourth-order valence-electron chi connectivity index (χ4n) is 2.13. The van der Waals surface area contributed by atoms with E-state index < -0.39 is 0 Å². The van der Waals surface area contributed by atoms with Crippen LogP contribution in [0, 0.1) is 0 Å². The zero-order valence-electron chi connectivity index (χ0n) is 10.1. The van der Waals surface area contributed by atoms with Gasteiger partial charge in [0.1, 0.15) is 5.75 Å². The molecule has 0 radical (unpaired) electrons. The van der Waals surface area contributed by atoms with E-state index in [1.807, 2.05) is 30.3 Å². The number of nitrogens with zero attached hydrogens (tertiary/aromatic N) is 1. The summed E-state index contributed by atoms with van der Waals surface area (Å²) in [6.07, 6.45) is 0.638. The largest absolute Gasteiger partial charge is 0.508 e. The van der Waals surface area contributed by atoms with Crippen molar-refractivity contribution in [2.75, 3.05) is 0 Å². The van der Waals surface area contributed by atoms with Crippen molar-refractivity contribution in [3.05, 3.63) is 70.1 Å². The molecule has 19 heavy (non-hydrogen) atoms. The van der Waals surface area contributed by atoms with Crippen molar-refractivity contribution >= 4 is 10.8 Å². The van der Waals surface area contributed by atoms with Crippen molar-refractivity contribution in [1.29, 1.82) is 0 Å². The molecule has 0 aliphatic heterocycles. The molecule has 0 fully saturated rings. The molecule has 0 bridgehead atoms. The SMILES string of the molecule is O=c1[nH]nc(Cc2ccccc2)c2ccc(O)cc12. The minimum atomic E-state index is -0.289. The molecule has 4 heteroatoms. The average Bonchev–Trinajstić information content (AvgIpc) is 2.43. The summed E-state index contributed by atoms with van der Waals surface area (Å²) in [6, 6.07) is 14.7. The molecule has 3 rings (SSSR count). The Morgan fingerprint density at radius 3 is 2.63 bits per heavy atom. The first-order chi connectivity index (χ1) is 9.24. The second kappa shape index (κ2) is 4.57. The number of phenolic OH excluding ortho intramolecular Hbond substituents is 1. The first-order valence-electron chi connectivity index (χ1n) is 5.98. The molecule has 0 spiro atoms. The first kappa shape index (κ1) is 11.5. The monoisotopic (exact) mass is 252 g/mol. The van der Waals surface area contributed by atoms with Crippen molar-refractivity contribution in [2.24, 2.45) is 0 Å². The van der Waals surface area contributed by atoms with Gasteiger partial charge in [-0.05, 0) is 23.8 Å². The van der Waals surface area contributed by atoms with E-state index >= 15 is 0 Å². The molecular formula is C15H12N2O2. The van der Waals surface area contributed by atoms with Crippen LogP contribution in [-0.4, -0.2) is 15.3 Å². The van der Waals surface area contributed by atoms with Crippen molar-refractivity contribution in [1.82, 2.24) is 10.2 Å². The van der Waals surface area contributed by atoms with E-state index in [9.17, 15) is 9.90 Å². The maximum Gasteiger partial charge on any atom is 0.272 e. The van der Waals surface area contributed by atoms with Gasteiger partial charge in [-0.1, -0.05) is 30.3 Å². The van der Waals surface area contributed by atoms with E-state index in [-0.39, 0.29) is 11.3 Å².